The highest BCUT2D eigenvalue weighted by molar-refractivity contribution is 6.06. The van der Waals surface area contributed by atoms with Crippen LogP contribution >= 0.6 is 0 Å². The molecular formula is C41H34F2N6O4. The van der Waals surface area contributed by atoms with Gasteiger partial charge in [0.25, 0.3) is 11.8 Å². The Morgan fingerprint density at radius 3 is 1.62 bits per heavy atom. The molecule has 1 N–H and O–H groups in total. The molecule has 12 heteroatoms. The van der Waals surface area contributed by atoms with Gasteiger partial charge in [0, 0.05) is 66.2 Å². The number of aromatic nitrogens is 2. The Hall–Kier alpha value is -6.30. The zero-order chi connectivity index (χ0) is 36.5. The number of urea groups is 2. The van der Waals surface area contributed by atoms with Crippen molar-refractivity contribution in [1.29, 1.82) is 0 Å². The number of hydrogen-bond donors (Lipinski definition) is 1. The van der Waals surface area contributed by atoms with Crippen molar-refractivity contribution >= 4 is 45.7 Å². The van der Waals surface area contributed by atoms with Gasteiger partial charge in [0.2, 0.25) is 0 Å². The summed E-state index contributed by atoms with van der Waals surface area (Å²) in [5, 5.41) is 4.63. The average Bonchev–Trinajstić information content (AvgIpc) is 3.82. The Morgan fingerprint density at radius 1 is 0.623 bits per heavy atom. The molecule has 0 radical (unpaired) electrons. The van der Waals surface area contributed by atoms with Crippen molar-refractivity contribution in [2.75, 3.05) is 7.05 Å². The molecule has 4 aliphatic heterocycles. The fourth-order valence-electron chi connectivity index (χ4n) is 8.37. The molecule has 2 saturated heterocycles. The third kappa shape index (κ3) is 5.35. The van der Waals surface area contributed by atoms with Gasteiger partial charge in [0.05, 0.1) is 13.1 Å². The van der Waals surface area contributed by atoms with Crippen molar-refractivity contribution in [2.45, 2.75) is 51.1 Å². The number of benzene rings is 4. The van der Waals surface area contributed by atoms with Crippen molar-refractivity contribution in [3.8, 4) is 0 Å². The van der Waals surface area contributed by atoms with Gasteiger partial charge in [-0.2, -0.15) is 0 Å². The second kappa shape index (κ2) is 12.4. The second-order valence-corrected chi connectivity index (χ2v) is 14.0. The fourth-order valence-corrected chi connectivity index (χ4v) is 8.37. The van der Waals surface area contributed by atoms with Crippen LogP contribution in [0.5, 0.6) is 0 Å². The Labute approximate surface area is 302 Å². The highest BCUT2D eigenvalue weighted by Gasteiger charge is 2.47. The molecule has 10 nitrogen and oxygen atoms in total. The van der Waals surface area contributed by atoms with Crippen LogP contribution in [0.4, 0.5) is 18.4 Å². The van der Waals surface area contributed by atoms with E-state index in [1.807, 2.05) is 30.3 Å². The molecule has 6 amide bonds. The van der Waals surface area contributed by atoms with Crippen molar-refractivity contribution < 1.29 is 28.0 Å². The Kier molecular flexibility index (Phi) is 7.65. The number of likely N-dealkylation sites (N-methyl/N-ethyl adjacent to an activating group) is 1. The van der Waals surface area contributed by atoms with Crippen LogP contribution in [0.15, 0.2) is 97.1 Å². The molecule has 266 valence electrons. The standard InChI is InChI=1S/C21H18FN3O2.C20H16FN3O2/c1-23-20(26)18-10-16-15-4-2-3-5-17(15)24(19(16)12-25(18)21(23)27)11-13-6-8-14(22)9-7-13;21-13-7-5-12(6-8-13)10-23-16-4-2-1-3-14(16)15-9-17-19(25)22-20(26)24(17)11-18(15)23/h2-9,18H,10-12H2,1H3;1-8,17H,9-11H2,(H,22,25,26)/t18-;17-/m00/s1. The number of rotatable bonds is 4. The van der Waals surface area contributed by atoms with Gasteiger partial charge >= 0.3 is 12.1 Å². The number of imide groups is 2. The monoisotopic (exact) mass is 712 g/mol. The second-order valence-electron chi connectivity index (χ2n) is 14.0. The number of nitrogens with one attached hydrogen (secondary N) is 1. The summed E-state index contributed by atoms with van der Waals surface area (Å²) < 4.78 is 30.9. The van der Waals surface area contributed by atoms with Gasteiger partial charge < -0.3 is 18.9 Å². The lowest BCUT2D eigenvalue weighted by molar-refractivity contribution is -0.127. The predicted molar refractivity (Wildman–Crippen MR) is 193 cm³/mol. The summed E-state index contributed by atoms with van der Waals surface area (Å²) in [6.45, 7) is 1.98. The summed E-state index contributed by atoms with van der Waals surface area (Å²) in [5.41, 5.74) is 8.45. The van der Waals surface area contributed by atoms with Crippen LogP contribution in [0.2, 0.25) is 0 Å². The minimum absolute atomic E-state index is 0.138. The first-order valence-corrected chi connectivity index (χ1v) is 17.5. The molecule has 4 aromatic carbocycles. The number of para-hydroxylation sites is 2. The number of amides is 6. The molecule has 53 heavy (non-hydrogen) atoms. The largest absolute Gasteiger partial charge is 0.338 e. The highest BCUT2D eigenvalue weighted by Crippen LogP contribution is 2.37. The van der Waals surface area contributed by atoms with E-state index >= 15 is 0 Å². The van der Waals surface area contributed by atoms with Gasteiger partial charge in [0.1, 0.15) is 23.7 Å². The minimum Gasteiger partial charge on any atom is -0.338 e. The Bertz CT molecular complexity index is 2490. The molecule has 10 rings (SSSR count). The topological polar surface area (TPSA) is 99.9 Å². The number of carbonyl (C=O) groups is 4. The number of hydrogen-bond acceptors (Lipinski definition) is 4. The molecule has 2 fully saturated rings. The van der Waals surface area contributed by atoms with Gasteiger partial charge in [-0.3, -0.25) is 19.8 Å². The fraction of sp³-hybridized carbons (Fsp3) is 0.220. The predicted octanol–water partition coefficient (Wildman–Crippen LogP) is 5.95. The summed E-state index contributed by atoms with van der Waals surface area (Å²) in [6.07, 6.45) is 1.05. The molecule has 6 heterocycles. The molecule has 0 aliphatic carbocycles. The maximum atomic E-state index is 13.3. The van der Waals surface area contributed by atoms with Crippen LogP contribution in [-0.2, 0) is 48.6 Å². The van der Waals surface area contributed by atoms with Crippen LogP contribution in [0.25, 0.3) is 21.8 Å². The van der Waals surface area contributed by atoms with Crippen molar-refractivity contribution in [2.24, 2.45) is 0 Å². The first-order chi connectivity index (χ1) is 25.7. The maximum absolute atomic E-state index is 13.3. The van der Waals surface area contributed by atoms with Gasteiger partial charge in [0.15, 0.2) is 0 Å². The molecular weight excluding hydrogens is 678 g/mol. The lowest BCUT2D eigenvalue weighted by atomic mass is 9.97. The quantitative estimate of drug-likeness (QED) is 0.229. The molecule has 4 aliphatic rings. The summed E-state index contributed by atoms with van der Waals surface area (Å²) in [7, 11) is 1.54. The lowest BCUT2D eigenvalue weighted by Crippen LogP contribution is -2.40. The van der Waals surface area contributed by atoms with Crippen LogP contribution in [0.1, 0.15) is 33.6 Å². The highest BCUT2D eigenvalue weighted by atomic mass is 19.1. The van der Waals surface area contributed by atoms with Crippen molar-refractivity contribution in [1.82, 2.24) is 29.2 Å². The first kappa shape index (κ1) is 32.6. The van der Waals surface area contributed by atoms with Crippen molar-refractivity contribution in [3.63, 3.8) is 0 Å². The summed E-state index contributed by atoms with van der Waals surface area (Å²) in [4.78, 5) is 53.6. The smallest absolute Gasteiger partial charge is 0.327 e. The van der Waals surface area contributed by atoms with Gasteiger partial charge in [-0.15, -0.1) is 0 Å². The van der Waals surface area contributed by atoms with E-state index in [0.29, 0.717) is 39.0 Å². The van der Waals surface area contributed by atoms with Crippen LogP contribution in [-0.4, -0.2) is 66.8 Å². The number of nitrogens with zero attached hydrogens (tertiary/aromatic N) is 5. The van der Waals surface area contributed by atoms with E-state index in [2.05, 4.69) is 32.7 Å². The average molecular weight is 713 g/mol. The SMILES string of the molecule is CN1C(=O)[C@@H]2Cc3c(n(Cc4ccc(F)cc4)c4ccccc34)CN2C1=O.O=C1NC(=O)N2Cc3c(c4ccccc4n3Cc3ccc(F)cc3)C[C@@H]12. The third-order valence-corrected chi connectivity index (χ3v) is 11.0. The lowest BCUT2D eigenvalue weighted by Gasteiger charge is -2.28. The molecule has 2 atom stereocenters. The molecule has 0 saturated carbocycles. The van der Waals surface area contributed by atoms with E-state index in [0.717, 1.165) is 55.4 Å². The molecule has 2 aromatic heterocycles. The van der Waals surface area contributed by atoms with Gasteiger partial charge in [-0.1, -0.05) is 60.7 Å². The van der Waals surface area contributed by atoms with E-state index in [1.165, 1.54) is 29.2 Å². The Morgan fingerprint density at radius 2 is 1.09 bits per heavy atom. The normalized spacial score (nSPS) is 18.9. The van der Waals surface area contributed by atoms with Crippen molar-refractivity contribution in [3.05, 3.63) is 142 Å². The van der Waals surface area contributed by atoms with Gasteiger partial charge in [-0.05, 0) is 58.7 Å². The number of fused-ring (bicyclic) bond motifs is 8. The van der Waals surface area contributed by atoms with E-state index in [-0.39, 0.29) is 35.5 Å². The van der Waals surface area contributed by atoms with E-state index < -0.39 is 12.1 Å². The van der Waals surface area contributed by atoms with Crippen LogP contribution in [0, 0.1) is 11.6 Å². The molecule has 0 bridgehead atoms. The Balaban J connectivity index is 0.000000141. The van der Waals surface area contributed by atoms with Crippen LogP contribution in [0.3, 0.4) is 0 Å². The van der Waals surface area contributed by atoms with E-state index in [1.54, 1.807) is 41.1 Å². The third-order valence-electron chi connectivity index (χ3n) is 11.0. The summed E-state index contributed by atoms with van der Waals surface area (Å²) >= 11 is 0. The zero-order valence-electron chi connectivity index (χ0n) is 28.8. The molecule has 0 unspecified atom stereocenters. The first-order valence-electron chi connectivity index (χ1n) is 17.5. The summed E-state index contributed by atoms with van der Waals surface area (Å²) in [5.74, 6) is -0.884. The van der Waals surface area contributed by atoms with Crippen LogP contribution < -0.4 is 5.32 Å². The van der Waals surface area contributed by atoms with E-state index in [9.17, 15) is 28.0 Å². The number of carbonyl (C=O) groups excluding carboxylic acids is 4. The molecule has 6 aromatic rings. The molecule has 0 spiro atoms. The van der Waals surface area contributed by atoms with E-state index in [4.69, 9.17) is 0 Å². The maximum Gasteiger partial charge on any atom is 0.327 e. The number of halogens is 2. The summed E-state index contributed by atoms with van der Waals surface area (Å²) in [6, 6.07) is 27.7. The zero-order valence-corrected chi connectivity index (χ0v) is 28.8. The minimum atomic E-state index is -0.430. The van der Waals surface area contributed by atoms with Gasteiger partial charge in [-0.25, -0.2) is 18.4 Å².